The number of morpholine rings is 1. The van der Waals surface area contributed by atoms with Gasteiger partial charge in [-0.1, -0.05) is 30.3 Å². The number of rotatable bonds is 8. The van der Waals surface area contributed by atoms with Crippen LogP contribution in [0.2, 0.25) is 0 Å². The molecule has 7 nitrogen and oxygen atoms in total. The third kappa shape index (κ3) is 7.20. The molecule has 0 aliphatic carbocycles. The van der Waals surface area contributed by atoms with Crippen molar-refractivity contribution in [3.05, 3.63) is 78.1 Å². The second-order valence-corrected chi connectivity index (χ2v) is 7.72. The Morgan fingerprint density at radius 2 is 1.82 bits per heavy atom. The zero-order chi connectivity index (χ0) is 22.0. The number of nitrogens with zero attached hydrogens (tertiary/aromatic N) is 4. The lowest BCUT2D eigenvalue weighted by Gasteiger charge is -2.30. The van der Waals surface area contributed by atoms with Gasteiger partial charge in [0.2, 0.25) is 0 Å². The van der Waals surface area contributed by atoms with Crippen LogP contribution in [0.25, 0.3) is 5.69 Å². The Morgan fingerprint density at radius 3 is 2.55 bits per heavy atom. The van der Waals surface area contributed by atoms with Crippen LogP contribution >= 0.6 is 24.0 Å². The highest BCUT2D eigenvalue weighted by atomic mass is 127. The van der Waals surface area contributed by atoms with Gasteiger partial charge in [0, 0.05) is 44.3 Å². The third-order valence-corrected chi connectivity index (χ3v) is 5.51. The van der Waals surface area contributed by atoms with Crippen LogP contribution in [0.1, 0.15) is 18.1 Å². The van der Waals surface area contributed by atoms with Gasteiger partial charge < -0.3 is 20.3 Å². The molecule has 176 valence electrons. The second kappa shape index (κ2) is 13.2. The van der Waals surface area contributed by atoms with Gasteiger partial charge in [0.1, 0.15) is 0 Å². The summed E-state index contributed by atoms with van der Waals surface area (Å²) in [6.07, 6.45) is 4.67. The van der Waals surface area contributed by atoms with Crippen LogP contribution in [0, 0.1) is 0 Å². The Labute approximate surface area is 213 Å². The number of guanidine groups is 1. The van der Waals surface area contributed by atoms with Crippen molar-refractivity contribution in [1.82, 2.24) is 20.4 Å². The molecule has 0 radical (unpaired) electrons. The number of nitrogens with one attached hydrogen (secondary N) is 2. The number of aromatic nitrogens is 2. The highest BCUT2D eigenvalue weighted by Crippen LogP contribution is 2.22. The molecule has 33 heavy (non-hydrogen) atoms. The van der Waals surface area contributed by atoms with Gasteiger partial charge in [-0.2, -0.15) is 5.10 Å². The van der Waals surface area contributed by atoms with Gasteiger partial charge in [0.05, 0.1) is 25.4 Å². The van der Waals surface area contributed by atoms with Crippen LogP contribution in [0.15, 0.2) is 72.0 Å². The van der Waals surface area contributed by atoms with Crippen molar-refractivity contribution in [3.63, 3.8) is 0 Å². The Hall–Kier alpha value is -2.59. The van der Waals surface area contributed by atoms with Gasteiger partial charge in [-0.3, -0.25) is 0 Å². The lowest BCUT2D eigenvalue weighted by molar-refractivity contribution is 0.122. The molecule has 1 aromatic heterocycles. The normalized spacial score (nSPS) is 14.0. The Bertz CT molecular complexity index is 984. The number of aliphatic imine (C=N–C) groups is 1. The highest BCUT2D eigenvalue weighted by molar-refractivity contribution is 14.0. The van der Waals surface area contributed by atoms with E-state index < -0.39 is 0 Å². The lowest BCUT2D eigenvalue weighted by Crippen LogP contribution is -2.38. The first-order valence-corrected chi connectivity index (χ1v) is 11.3. The molecule has 0 atom stereocenters. The summed E-state index contributed by atoms with van der Waals surface area (Å²) in [7, 11) is 0. The smallest absolute Gasteiger partial charge is 0.191 e. The summed E-state index contributed by atoms with van der Waals surface area (Å²) < 4.78 is 7.37. The van der Waals surface area contributed by atoms with Crippen molar-refractivity contribution >= 4 is 35.6 Å². The topological polar surface area (TPSA) is 66.7 Å². The molecular formula is C25H33IN6O. The standard InChI is InChI=1S/C25H32N6O.HI/c1-2-26-25(27-14-12-21-8-10-23(11-9-21)31-15-5-13-29-31)28-20-22-6-3-4-7-24(22)30-16-18-32-19-17-30;/h3-11,13,15H,2,12,14,16-20H2,1H3,(H2,26,27,28);1H. The minimum Gasteiger partial charge on any atom is -0.378 e. The van der Waals surface area contributed by atoms with E-state index in [0.29, 0.717) is 6.54 Å². The summed E-state index contributed by atoms with van der Waals surface area (Å²) in [5, 5.41) is 11.1. The largest absolute Gasteiger partial charge is 0.378 e. The maximum atomic E-state index is 5.50. The molecule has 0 spiro atoms. The first-order chi connectivity index (χ1) is 15.8. The minimum absolute atomic E-state index is 0. The van der Waals surface area contributed by atoms with Crippen molar-refractivity contribution in [2.75, 3.05) is 44.3 Å². The molecule has 1 aliphatic rings. The van der Waals surface area contributed by atoms with Gasteiger partial charge in [-0.25, -0.2) is 9.67 Å². The van der Waals surface area contributed by atoms with Crippen LogP contribution in [0.4, 0.5) is 5.69 Å². The van der Waals surface area contributed by atoms with Gasteiger partial charge in [-0.15, -0.1) is 24.0 Å². The first-order valence-electron chi connectivity index (χ1n) is 11.3. The molecule has 0 unspecified atom stereocenters. The molecule has 1 aliphatic heterocycles. The van der Waals surface area contributed by atoms with E-state index in [1.54, 1.807) is 6.20 Å². The summed E-state index contributed by atoms with van der Waals surface area (Å²) in [5.41, 5.74) is 4.84. The van der Waals surface area contributed by atoms with E-state index in [2.05, 4.69) is 76.1 Å². The van der Waals surface area contributed by atoms with Crippen LogP contribution in [0.5, 0.6) is 0 Å². The van der Waals surface area contributed by atoms with Crippen LogP contribution in [-0.2, 0) is 17.7 Å². The van der Waals surface area contributed by atoms with E-state index in [1.165, 1.54) is 16.8 Å². The zero-order valence-electron chi connectivity index (χ0n) is 19.1. The minimum atomic E-state index is 0. The molecule has 2 aromatic carbocycles. The summed E-state index contributed by atoms with van der Waals surface area (Å²) in [6, 6.07) is 19.0. The maximum absolute atomic E-state index is 5.50. The number of hydrogen-bond acceptors (Lipinski definition) is 4. The summed E-state index contributed by atoms with van der Waals surface area (Å²) in [5.74, 6) is 0.845. The van der Waals surface area contributed by atoms with Gasteiger partial charge in [0.25, 0.3) is 0 Å². The Morgan fingerprint density at radius 1 is 1.03 bits per heavy atom. The SMILES string of the molecule is CCNC(=NCc1ccccc1N1CCOCC1)NCCc1ccc(-n2cccn2)cc1.I. The fourth-order valence-corrected chi connectivity index (χ4v) is 3.83. The van der Waals surface area contributed by atoms with Crippen molar-refractivity contribution in [1.29, 1.82) is 0 Å². The molecule has 2 N–H and O–H groups in total. The van der Waals surface area contributed by atoms with Crippen molar-refractivity contribution < 1.29 is 4.74 Å². The van der Waals surface area contributed by atoms with E-state index >= 15 is 0 Å². The van der Waals surface area contributed by atoms with E-state index in [-0.39, 0.29) is 24.0 Å². The Kier molecular flexibility index (Phi) is 10.0. The van der Waals surface area contributed by atoms with Gasteiger partial charge >= 0.3 is 0 Å². The van der Waals surface area contributed by atoms with E-state index in [1.807, 2.05) is 16.9 Å². The molecule has 4 rings (SSSR count). The van der Waals surface area contributed by atoms with E-state index in [9.17, 15) is 0 Å². The van der Waals surface area contributed by atoms with Gasteiger partial charge in [-0.05, 0) is 48.7 Å². The van der Waals surface area contributed by atoms with Crippen molar-refractivity contribution in [3.8, 4) is 5.69 Å². The third-order valence-electron chi connectivity index (χ3n) is 5.51. The molecule has 2 heterocycles. The molecule has 3 aromatic rings. The molecule has 0 saturated carbocycles. The van der Waals surface area contributed by atoms with Gasteiger partial charge in [0.15, 0.2) is 5.96 Å². The molecule has 0 bridgehead atoms. The summed E-state index contributed by atoms with van der Waals surface area (Å²) in [4.78, 5) is 7.23. The number of hydrogen-bond donors (Lipinski definition) is 2. The zero-order valence-corrected chi connectivity index (χ0v) is 21.4. The molecule has 1 fully saturated rings. The summed E-state index contributed by atoms with van der Waals surface area (Å²) in [6.45, 7) is 7.80. The average molecular weight is 560 g/mol. The van der Waals surface area contributed by atoms with Crippen molar-refractivity contribution in [2.45, 2.75) is 19.9 Å². The van der Waals surface area contributed by atoms with E-state index in [0.717, 1.165) is 57.5 Å². The average Bonchev–Trinajstić information content (AvgIpc) is 3.39. The molecule has 8 heteroatoms. The monoisotopic (exact) mass is 560 g/mol. The number of anilines is 1. The number of benzene rings is 2. The quantitative estimate of drug-likeness (QED) is 0.250. The number of para-hydroxylation sites is 1. The molecule has 0 amide bonds. The number of halogens is 1. The number of ether oxygens (including phenoxy) is 1. The fourth-order valence-electron chi connectivity index (χ4n) is 3.83. The first kappa shape index (κ1) is 25.0. The predicted molar refractivity (Wildman–Crippen MR) is 145 cm³/mol. The summed E-state index contributed by atoms with van der Waals surface area (Å²) >= 11 is 0. The fraction of sp³-hybridized carbons (Fsp3) is 0.360. The highest BCUT2D eigenvalue weighted by Gasteiger charge is 2.14. The van der Waals surface area contributed by atoms with Crippen LogP contribution in [-0.4, -0.2) is 55.1 Å². The van der Waals surface area contributed by atoms with E-state index in [4.69, 9.17) is 9.73 Å². The maximum Gasteiger partial charge on any atom is 0.191 e. The van der Waals surface area contributed by atoms with Crippen molar-refractivity contribution in [2.24, 2.45) is 4.99 Å². The predicted octanol–water partition coefficient (Wildman–Crippen LogP) is 3.62. The Balaban J connectivity index is 0.00000306. The van der Waals surface area contributed by atoms with Crippen LogP contribution < -0.4 is 15.5 Å². The molecular weight excluding hydrogens is 527 g/mol. The molecule has 1 saturated heterocycles. The van der Waals surface area contributed by atoms with Crippen LogP contribution in [0.3, 0.4) is 0 Å². The lowest BCUT2D eigenvalue weighted by atomic mass is 10.1. The second-order valence-electron chi connectivity index (χ2n) is 7.72.